The molecule has 1 aromatic carbocycles. The SMILES string of the molecule is O=C(C1CCCCC1)N1CCC2(CC1)SCCN2C(=O)c1ccccc1. The van der Waals surface area contributed by atoms with Gasteiger partial charge in [0.1, 0.15) is 0 Å². The van der Waals surface area contributed by atoms with Crippen LogP contribution in [-0.2, 0) is 4.79 Å². The van der Waals surface area contributed by atoms with Crippen molar-refractivity contribution in [3.63, 3.8) is 0 Å². The standard InChI is InChI=1S/C21H28N2O2S/c24-19(17-7-3-1-4-8-17)22-13-11-21(12-14-22)23(15-16-26-21)20(25)18-9-5-2-6-10-18/h2,5-6,9-10,17H,1,3-4,7-8,11-16H2. The Morgan fingerprint density at radius 1 is 0.962 bits per heavy atom. The minimum Gasteiger partial charge on any atom is -0.342 e. The Kier molecular flexibility index (Phi) is 5.25. The van der Waals surface area contributed by atoms with E-state index in [9.17, 15) is 9.59 Å². The van der Waals surface area contributed by atoms with Gasteiger partial charge in [0.2, 0.25) is 5.91 Å². The minimum atomic E-state index is -0.115. The summed E-state index contributed by atoms with van der Waals surface area (Å²) in [5.74, 6) is 1.75. The van der Waals surface area contributed by atoms with E-state index in [0.717, 1.165) is 56.6 Å². The second kappa shape index (κ2) is 7.63. The molecule has 2 aliphatic heterocycles. The van der Waals surface area contributed by atoms with Crippen LogP contribution in [0.5, 0.6) is 0 Å². The van der Waals surface area contributed by atoms with Crippen molar-refractivity contribution in [2.45, 2.75) is 49.8 Å². The molecular formula is C21H28N2O2S. The molecule has 3 aliphatic rings. The Morgan fingerprint density at radius 2 is 1.65 bits per heavy atom. The van der Waals surface area contributed by atoms with E-state index in [4.69, 9.17) is 0 Å². The zero-order valence-electron chi connectivity index (χ0n) is 15.4. The van der Waals surface area contributed by atoms with Gasteiger partial charge in [0, 0.05) is 36.9 Å². The summed E-state index contributed by atoms with van der Waals surface area (Å²) in [5, 5.41) is 0. The number of nitrogens with zero attached hydrogens (tertiary/aromatic N) is 2. The van der Waals surface area contributed by atoms with Gasteiger partial charge in [-0.25, -0.2) is 0 Å². The maximum atomic E-state index is 13.0. The third-order valence-electron chi connectivity index (χ3n) is 6.25. The van der Waals surface area contributed by atoms with Crippen LogP contribution in [0.3, 0.4) is 0 Å². The molecule has 1 saturated carbocycles. The Bertz CT molecular complexity index is 649. The van der Waals surface area contributed by atoms with Gasteiger partial charge in [0.15, 0.2) is 0 Å². The summed E-state index contributed by atoms with van der Waals surface area (Å²) in [6.07, 6.45) is 7.60. The molecule has 0 N–H and O–H groups in total. The van der Waals surface area contributed by atoms with Gasteiger partial charge < -0.3 is 9.80 Å². The maximum Gasteiger partial charge on any atom is 0.254 e. The van der Waals surface area contributed by atoms with Gasteiger partial charge in [-0.15, -0.1) is 11.8 Å². The predicted molar refractivity (Wildman–Crippen MR) is 105 cm³/mol. The van der Waals surface area contributed by atoms with Crippen LogP contribution >= 0.6 is 11.8 Å². The van der Waals surface area contributed by atoms with E-state index < -0.39 is 0 Å². The monoisotopic (exact) mass is 372 g/mol. The maximum absolute atomic E-state index is 13.0. The molecule has 0 bridgehead atoms. The average molecular weight is 373 g/mol. The number of hydrogen-bond acceptors (Lipinski definition) is 3. The number of thioether (sulfide) groups is 1. The van der Waals surface area contributed by atoms with E-state index >= 15 is 0 Å². The summed E-state index contributed by atoms with van der Waals surface area (Å²) < 4.78 is 0. The van der Waals surface area contributed by atoms with E-state index in [1.54, 1.807) is 0 Å². The van der Waals surface area contributed by atoms with Crippen LogP contribution in [-0.4, -0.2) is 51.9 Å². The van der Waals surface area contributed by atoms with Gasteiger partial charge in [0.25, 0.3) is 5.91 Å². The van der Waals surface area contributed by atoms with E-state index in [2.05, 4.69) is 9.80 Å². The van der Waals surface area contributed by atoms with Crippen molar-refractivity contribution in [2.24, 2.45) is 5.92 Å². The molecule has 3 fully saturated rings. The molecule has 1 aromatic rings. The van der Waals surface area contributed by atoms with Gasteiger partial charge in [-0.05, 0) is 37.8 Å². The Hall–Kier alpha value is -1.49. The molecule has 0 atom stereocenters. The summed E-state index contributed by atoms with van der Waals surface area (Å²) >= 11 is 1.91. The Balaban J connectivity index is 1.42. The summed E-state index contributed by atoms with van der Waals surface area (Å²) in [6, 6.07) is 9.60. The molecule has 2 saturated heterocycles. The fourth-order valence-electron chi connectivity index (χ4n) is 4.73. The lowest BCUT2D eigenvalue weighted by molar-refractivity contribution is -0.138. The van der Waals surface area contributed by atoms with Crippen molar-refractivity contribution >= 4 is 23.6 Å². The quantitative estimate of drug-likeness (QED) is 0.793. The Morgan fingerprint density at radius 3 is 2.35 bits per heavy atom. The Labute approximate surface area is 160 Å². The molecular weight excluding hydrogens is 344 g/mol. The lowest BCUT2D eigenvalue weighted by Crippen LogP contribution is -2.54. The molecule has 5 heteroatoms. The first-order valence-corrected chi connectivity index (χ1v) is 11.0. The van der Waals surface area contributed by atoms with Crippen LogP contribution in [0, 0.1) is 5.92 Å². The topological polar surface area (TPSA) is 40.6 Å². The summed E-state index contributed by atoms with van der Waals surface area (Å²) in [4.78, 5) is 29.9. The van der Waals surface area contributed by atoms with Crippen molar-refractivity contribution in [3.8, 4) is 0 Å². The van der Waals surface area contributed by atoms with Crippen LogP contribution in [0.4, 0.5) is 0 Å². The number of piperidine rings is 1. The molecule has 4 nitrogen and oxygen atoms in total. The highest BCUT2D eigenvalue weighted by atomic mass is 32.2. The van der Waals surface area contributed by atoms with Gasteiger partial charge in [-0.3, -0.25) is 9.59 Å². The predicted octanol–water partition coefficient (Wildman–Crippen LogP) is 3.77. The van der Waals surface area contributed by atoms with Crippen molar-refractivity contribution in [2.75, 3.05) is 25.4 Å². The number of likely N-dealkylation sites (tertiary alicyclic amines) is 1. The van der Waals surface area contributed by atoms with E-state index in [1.165, 1.54) is 19.3 Å². The third kappa shape index (κ3) is 3.38. The fraction of sp³-hybridized carbons (Fsp3) is 0.619. The summed E-state index contributed by atoms with van der Waals surface area (Å²) in [5.41, 5.74) is 0.773. The molecule has 0 radical (unpaired) electrons. The van der Waals surface area contributed by atoms with Crippen LogP contribution in [0.15, 0.2) is 30.3 Å². The van der Waals surface area contributed by atoms with Crippen molar-refractivity contribution in [1.82, 2.24) is 9.80 Å². The van der Waals surface area contributed by atoms with Crippen LogP contribution < -0.4 is 0 Å². The highest BCUT2D eigenvalue weighted by Gasteiger charge is 2.47. The van der Waals surface area contributed by atoms with Crippen molar-refractivity contribution in [3.05, 3.63) is 35.9 Å². The van der Waals surface area contributed by atoms with Crippen molar-refractivity contribution < 1.29 is 9.59 Å². The average Bonchev–Trinajstić information content (AvgIpc) is 3.12. The summed E-state index contributed by atoms with van der Waals surface area (Å²) in [7, 11) is 0. The van der Waals surface area contributed by atoms with E-state index in [1.807, 2.05) is 42.1 Å². The normalized spacial score (nSPS) is 23.4. The molecule has 1 aliphatic carbocycles. The van der Waals surface area contributed by atoms with Crippen LogP contribution in [0.2, 0.25) is 0 Å². The number of hydrogen-bond donors (Lipinski definition) is 0. The van der Waals surface area contributed by atoms with Gasteiger partial charge in [-0.1, -0.05) is 37.5 Å². The highest BCUT2D eigenvalue weighted by molar-refractivity contribution is 8.00. The molecule has 2 heterocycles. The third-order valence-corrected chi connectivity index (χ3v) is 7.81. The molecule has 1 spiro atoms. The second-order valence-electron chi connectivity index (χ2n) is 7.78. The fourth-order valence-corrected chi connectivity index (χ4v) is 6.19. The van der Waals surface area contributed by atoms with Gasteiger partial charge in [-0.2, -0.15) is 0 Å². The van der Waals surface area contributed by atoms with Crippen LogP contribution in [0.25, 0.3) is 0 Å². The first-order valence-electron chi connectivity index (χ1n) is 9.99. The highest BCUT2D eigenvalue weighted by Crippen LogP contribution is 2.45. The number of amides is 2. The molecule has 26 heavy (non-hydrogen) atoms. The smallest absolute Gasteiger partial charge is 0.254 e. The molecule has 0 unspecified atom stereocenters. The van der Waals surface area contributed by atoms with Gasteiger partial charge >= 0.3 is 0 Å². The minimum absolute atomic E-state index is 0.115. The molecule has 2 amide bonds. The molecule has 140 valence electrons. The first-order chi connectivity index (χ1) is 12.7. The lowest BCUT2D eigenvalue weighted by atomic mass is 9.87. The number of benzene rings is 1. The van der Waals surface area contributed by atoms with Crippen molar-refractivity contribution in [1.29, 1.82) is 0 Å². The molecule has 0 aromatic heterocycles. The largest absolute Gasteiger partial charge is 0.342 e. The zero-order valence-corrected chi connectivity index (χ0v) is 16.2. The second-order valence-corrected chi connectivity index (χ2v) is 9.23. The van der Waals surface area contributed by atoms with E-state index in [0.29, 0.717) is 5.91 Å². The zero-order chi connectivity index (χ0) is 18.0. The lowest BCUT2D eigenvalue weighted by Gasteiger charge is -2.45. The molecule has 4 rings (SSSR count). The first kappa shape index (κ1) is 17.9. The number of rotatable bonds is 2. The number of carbonyl (C=O) groups is 2. The van der Waals surface area contributed by atoms with E-state index in [-0.39, 0.29) is 16.7 Å². The summed E-state index contributed by atoms with van der Waals surface area (Å²) in [6.45, 7) is 2.40. The number of carbonyl (C=O) groups excluding carboxylic acids is 2. The van der Waals surface area contributed by atoms with Crippen LogP contribution in [0.1, 0.15) is 55.3 Å². The van der Waals surface area contributed by atoms with Gasteiger partial charge in [0.05, 0.1) is 4.87 Å².